The molecule has 1 aromatic rings. The number of carbonyl (C=O) groups excluding carboxylic acids is 4. The van der Waals surface area contributed by atoms with E-state index >= 15 is 0 Å². The number of phenolic OH excluding ortho intramolecular Hbond substituents is 1. The van der Waals surface area contributed by atoms with E-state index in [-0.39, 0.29) is 17.2 Å². The van der Waals surface area contributed by atoms with Crippen LogP contribution in [0, 0.1) is 5.92 Å². The number of aromatic hydroxyl groups is 1. The maximum atomic E-state index is 13.4. The Kier molecular flexibility index (Phi) is 10.2. The van der Waals surface area contributed by atoms with E-state index in [1.54, 1.807) is 32.9 Å². The number of likely N-dealkylation sites (N-methyl/N-ethyl adjacent to an activating group) is 1. The van der Waals surface area contributed by atoms with Gasteiger partial charge in [0, 0.05) is 12.6 Å². The SMILES string of the molecule is COC(=O)CNC(=O)C(c1ccccc1O)N(C)C(=O)C(CC(C)C)NC(=O)OC(C)(C)C. The van der Waals surface area contributed by atoms with Crippen molar-refractivity contribution in [2.24, 2.45) is 5.92 Å². The maximum absolute atomic E-state index is 13.4. The van der Waals surface area contributed by atoms with Crippen LogP contribution in [0.5, 0.6) is 5.75 Å². The van der Waals surface area contributed by atoms with Gasteiger partial charge in [0.25, 0.3) is 0 Å². The van der Waals surface area contributed by atoms with Crippen molar-refractivity contribution in [1.29, 1.82) is 0 Å². The third-order valence-electron chi connectivity index (χ3n) is 4.55. The van der Waals surface area contributed by atoms with E-state index in [0.717, 1.165) is 4.90 Å². The van der Waals surface area contributed by atoms with Gasteiger partial charge in [-0.25, -0.2) is 4.79 Å². The first-order valence-electron chi connectivity index (χ1n) is 10.7. The standard InChI is InChI=1S/C23H35N3O7/c1-14(2)12-16(25-22(31)33-23(3,4)5)21(30)26(6)19(15-10-8-9-11-17(15)27)20(29)24-13-18(28)32-7/h8-11,14,16,19,27H,12-13H2,1-7H3,(H,24,29)(H,25,31). The van der Waals surface area contributed by atoms with Crippen molar-refractivity contribution in [2.75, 3.05) is 20.7 Å². The van der Waals surface area contributed by atoms with Gasteiger partial charge < -0.3 is 30.1 Å². The number of phenols is 1. The molecular formula is C23H35N3O7. The Labute approximate surface area is 194 Å². The molecule has 3 N–H and O–H groups in total. The number of alkyl carbamates (subject to hydrolysis) is 1. The number of ether oxygens (including phenoxy) is 2. The summed E-state index contributed by atoms with van der Waals surface area (Å²) in [7, 11) is 2.57. The molecule has 0 saturated heterocycles. The van der Waals surface area contributed by atoms with Gasteiger partial charge in [-0.3, -0.25) is 14.4 Å². The van der Waals surface area contributed by atoms with Gasteiger partial charge in [-0.2, -0.15) is 0 Å². The number of amides is 3. The van der Waals surface area contributed by atoms with Gasteiger partial charge >= 0.3 is 12.1 Å². The van der Waals surface area contributed by atoms with Gasteiger partial charge in [0.1, 0.15) is 30.0 Å². The molecule has 2 unspecified atom stereocenters. The van der Waals surface area contributed by atoms with Crippen molar-refractivity contribution in [3.8, 4) is 5.75 Å². The summed E-state index contributed by atoms with van der Waals surface area (Å²) in [5, 5.41) is 15.3. The summed E-state index contributed by atoms with van der Waals surface area (Å²) in [6, 6.07) is 3.83. The molecule has 1 rings (SSSR count). The van der Waals surface area contributed by atoms with Gasteiger partial charge in [0.2, 0.25) is 11.8 Å². The largest absolute Gasteiger partial charge is 0.508 e. The summed E-state index contributed by atoms with van der Waals surface area (Å²) in [6.45, 7) is 8.49. The number of carbonyl (C=O) groups is 4. The molecule has 0 saturated carbocycles. The molecule has 0 aliphatic rings. The summed E-state index contributed by atoms with van der Waals surface area (Å²) in [5.41, 5.74) is -0.593. The van der Waals surface area contributed by atoms with Crippen LogP contribution in [0.15, 0.2) is 24.3 Å². The highest BCUT2D eigenvalue weighted by molar-refractivity contribution is 5.93. The Balaban J connectivity index is 3.25. The zero-order chi connectivity index (χ0) is 25.3. The van der Waals surface area contributed by atoms with Crippen LogP contribution in [-0.4, -0.2) is 66.2 Å². The lowest BCUT2D eigenvalue weighted by Crippen LogP contribution is -2.52. The lowest BCUT2D eigenvalue weighted by atomic mass is 9.99. The summed E-state index contributed by atoms with van der Waals surface area (Å²) >= 11 is 0. The van der Waals surface area contributed by atoms with E-state index in [4.69, 9.17) is 4.74 Å². The number of hydrogen-bond donors (Lipinski definition) is 3. The van der Waals surface area contributed by atoms with Crippen molar-refractivity contribution < 1.29 is 33.8 Å². The number of esters is 1. The van der Waals surface area contributed by atoms with Crippen LogP contribution in [0.25, 0.3) is 0 Å². The molecule has 0 radical (unpaired) electrons. The summed E-state index contributed by atoms with van der Waals surface area (Å²) in [5.74, 6) is -2.08. The number of benzene rings is 1. The summed E-state index contributed by atoms with van der Waals surface area (Å²) in [4.78, 5) is 51.3. The van der Waals surface area contributed by atoms with Crippen LogP contribution in [0.3, 0.4) is 0 Å². The second kappa shape index (κ2) is 12.1. The van der Waals surface area contributed by atoms with E-state index < -0.39 is 48.1 Å². The molecule has 0 heterocycles. The minimum absolute atomic E-state index is 0.0408. The third kappa shape index (κ3) is 8.99. The molecule has 0 fully saturated rings. The fourth-order valence-electron chi connectivity index (χ4n) is 3.09. The first-order chi connectivity index (χ1) is 15.3. The highest BCUT2D eigenvalue weighted by atomic mass is 16.6. The average molecular weight is 466 g/mol. The Morgan fingerprint density at radius 1 is 1.12 bits per heavy atom. The van der Waals surface area contributed by atoms with Crippen molar-refractivity contribution in [2.45, 2.75) is 58.7 Å². The number of rotatable bonds is 9. The monoisotopic (exact) mass is 465 g/mol. The van der Waals surface area contributed by atoms with E-state index in [0.29, 0.717) is 6.42 Å². The van der Waals surface area contributed by atoms with Gasteiger partial charge in [0.15, 0.2) is 0 Å². The lowest BCUT2D eigenvalue weighted by Gasteiger charge is -2.32. The fourth-order valence-corrected chi connectivity index (χ4v) is 3.09. The second-order valence-corrected chi connectivity index (χ2v) is 9.03. The molecule has 10 nitrogen and oxygen atoms in total. The van der Waals surface area contributed by atoms with Crippen LogP contribution < -0.4 is 10.6 Å². The zero-order valence-corrected chi connectivity index (χ0v) is 20.3. The first-order valence-corrected chi connectivity index (χ1v) is 10.7. The average Bonchev–Trinajstić information content (AvgIpc) is 2.70. The molecule has 0 aromatic heterocycles. The maximum Gasteiger partial charge on any atom is 0.408 e. The van der Waals surface area contributed by atoms with E-state index in [1.807, 2.05) is 13.8 Å². The highest BCUT2D eigenvalue weighted by Gasteiger charge is 2.35. The Bertz CT molecular complexity index is 849. The molecule has 0 aliphatic carbocycles. The Morgan fingerprint density at radius 2 is 1.73 bits per heavy atom. The fraction of sp³-hybridized carbons (Fsp3) is 0.565. The molecule has 2 atom stereocenters. The van der Waals surface area contributed by atoms with Crippen LogP contribution in [-0.2, 0) is 23.9 Å². The molecule has 3 amide bonds. The number of hydrogen-bond acceptors (Lipinski definition) is 7. The van der Waals surface area contributed by atoms with Gasteiger partial charge in [-0.15, -0.1) is 0 Å². The smallest absolute Gasteiger partial charge is 0.408 e. The van der Waals surface area contributed by atoms with Crippen molar-refractivity contribution >= 4 is 23.9 Å². The number of methoxy groups -OCH3 is 1. The van der Waals surface area contributed by atoms with E-state index in [1.165, 1.54) is 26.3 Å². The summed E-state index contributed by atoms with van der Waals surface area (Å²) in [6.07, 6.45) is -0.469. The topological polar surface area (TPSA) is 134 Å². The number of nitrogens with zero attached hydrogens (tertiary/aromatic N) is 1. The van der Waals surface area contributed by atoms with Crippen LogP contribution in [0.1, 0.15) is 52.6 Å². The highest BCUT2D eigenvalue weighted by Crippen LogP contribution is 2.29. The predicted octanol–water partition coefficient (Wildman–Crippen LogP) is 2.12. The molecule has 184 valence electrons. The quantitative estimate of drug-likeness (QED) is 0.476. The summed E-state index contributed by atoms with van der Waals surface area (Å²) < 4.78 is 9.82. The Morgan fingerprint density at radius 3 is 2.24 bits per heavy atom. The lowest BCUT2D eigenvalue weighted by molar-refractivity contribution is -0.144. The second-order valence-electron chi connectivity index (χ2n) is 9.03. The Hall–Kier alpha value is -3.30. The minimum atomic E-state index is -1.27. The predicted molar refractivity (Wildman–Crippen MR) is 121 cm³/mol. The third-order valence-corrected chi connectivity index (χ3v) is 4.55. The molecule has 0 spiro atoms. The van der Waals surface area contributed by atoms with Gasteiger partial charge in [0.05, 0.1) is 7.11 Å². The van der Waals surface area contributed by atoms with Crippen molar-refractivity contribution in [3.05, 3.63) is 29.8 Å². The van der Waals surface area contributed by atoms with Crippen LogP contribution in [0.2, 0.25) is 0 Å². The van der Waals surface area contributed by atoms with Crippen LogP contribution in [0.4, 0.5) is 4.79 Å². The van der Waals surface area contributed by atoms with Crippen molar-refractivity contribution in [1.82, 2.24) is 15.5 Å². The molecule has 1 aromatic carbocycles. The van der Waals surface area contributed by atoms with Gasteiger partial charge in [-0.05, 0) is 39.2 Å². The molecule has 0 bridgehead atoms. The van der Waals surface area contributed by atoms with Gasteiger partial charge in [-0.1, -0.05) is 32.0 Å². The van der Waals surface area contributed by atoms with Crippen molar-refractivity contribution in [3.63, 3.8) is 0 Å². The normalized spacial score (nSPS) is 13.0. The molecule has 10 heteroatoms. The van der Waals surface area contributed by atoms with E-state index in [9.17, 15) is 24.3 Å². The minimum Gasteiger partial charge on any atom is -0.508 e. The molecule has 33 heavy (non-hydrogen) atoms. The number of nitrogens with one attached hydrogen (secondary N) is 2. The zero-order valence-electron chi connectivity index (χ0n) is 20.3. The number of para-hydroxylation sites is 1. The first kappa shape index (κ1) is 27.7. The molecular weight excluding hydrogens is 430 g/mol. The van der Waals surface area contributed by atoms with Crippen LogP contribution >= 0.6 is 0 Å². The van der Waals surface area contributed by atoms with E-state index in [2.05, 4.69) is 15.4 Å². The molecule has 0 aliphatic heterocycles.